The van der Waals surface area contributed by atoms with Gasteiger partial charge < -0.3 is 15.0 Å². The van der Waals surface area contributed by atoms with Crippen LogP contribution in [0.25, 0.3) is 0 Å². The normalized spacial score (nSPS) is 15.8. The van der Waals surface area contributed by atoms with Crippen molar-refractivity contribution in [1.82, 2.24) is 14.7 Å². The fraction of sp³-hybridized carbons (Fsp3) is 0.636. The van der Waals surface area contributed by atoms with Crippen LogP contribution >= 0.6 is 0 Å². The fourth-order valence-electron chi connectivity index (χ4n) is 1.76. The first-order chi connectivity index (χ1) is 9.36. The Bertz CT molecular complexity index is 483. The van der Waals surface area contributed by atoms with Gasteiger partial charge in [-0.3, -0.25) is 4.68 Å². The lowest BCUT2D eigenvalue weighted by Gasteiger charge is -2.30. The molecule has 1 N–H and O–H groups in total. The van der Waals surface area contributed by atoms with E-state index in [9.17, 15) is 18.0 Å². The SMILES string of the molecule is Cn1cc(NCCN2CCC2)c(OC(=O)C(F)(F)F)n1. The molecule has 1 fully saturated rings. The molecule has 1 aliphatic heterocycles. The van der Waals surface area contributed by atoms with Crippen LogP contribution < -0.4 is 10.1 Å². The van der Waals surface area contributed by atoms with Gasteiger partial charge in [0.15, 0.2) is 0 Å². The van der Waals surface area contributed by atoms with Gasteiger partial charge >= 0.3 is 12.1 Å². The Hall–Kier alpha value is -1.77. The van der Waals surface area contributed by atoms with E-state index in [-0.39, 0.29) is 11.6 Å². The number of hydrogen-bond donors (Lipinski definition) is 1. The maximum atomic E-state index is 12.1. The average Bonchev–Trinajstić information content (AvgIpc) is 2.61. The molecule has 0 aromatic carbocycles. The Morgan fingerprint density at radius 1 is 1.50 bits per heavy atom. The molecular formula is C11H15F3N4O2. The van der Waals surface area contributed by atoms with Crippen molar-refractivity contribution >= 4 is 11.7 Å². The minimum atomic E-state index is -5.04. The molecule has 9 heteroatoms. The Labute approximate surface area is 113 Å². The highest BCUT2D eigenvalue weighted by atomic mass is 19.4. The van der Waals surface area contributed by atoms with E-state index in [2.05, 4.69) is 20.1 Å². The molecule has 0 unspecified atom stereocenters. The van der Waals surface area contributed by atoms with Gasteiger partial charge in [0.2, 0.25) is 0 Å². The number of aromatic nitrogens is 2. The number of ether oxygens (including phenoxy) is 1. The standard InChI is InChI=1S/C11H15F3N4O2/c1-17-7-8(15-3-6-18-4-2-5-18)9(16-17)20-10(19)11(12,13)14/h7,15H,2-6H2,1H3. The van der Waals surface area contributed by atoms with Gasteiger partial charge in [0, 0.05) is 20.1 Å². The molecule has 0 spiro atoms. The topological polar surface area (TPSA) is 59.4 Å². The summed E-state index contributed by atoms with van der Waals surface area (Å²) in [4.78, 5) is 13.0. The van der Waals surface area contributed by atoms with E-state index in [1.807, 2.05) is 0 Å². The van der Waals surface area contributed by atoms with Crippen molar-refractivity contribution in [2.45, 2.75) is 12.6 Å². The smallest absolute Gasteiger partial charge is 0.397 e. The van der Waals surface area contributed by atoms with E-state index < -0.39 is 12.1 Å². The molecule has 1 aromatic rings. The Kier molecular flexibility index (Phi) is 4.17. The maximum Gasteiger partial charge on any atom is 0.491 e. The highest BCUT2D eigenvalue weighted by Gasteiger charge is 2.42. The summed E-state index contributed by atoms with van der Waals surface area (Å²) in [5.41, 5.74) is 0.269. The summed E-state index contributed by atoms with van der Waals surface area (Å²) < 4.78 is 42.0. The number of rotatable bonds is 5. The summed E-state index contributed by atoms with van der Waals surface area (Å²) in [6.45, 7) is 3.39. The first-order valence-corrected chi connectivity index (χ1v) is 6.15. The van der Waals surface area contributed by atoms with Crippen molar-refractivity contribution in [2.24, 2.45) is 7.05 Å². The average molecular weight is 292 g/mol. The van der Waals surface area contributed by atoms with Crippen LogP contribution in [0.3, 0.4) is 0 Å². The summed E-state index contributed by atoms with van der Waals surface area (Å²) in [6.07, 6.45) is -2.40. The van der Waals surface area contributed by atoms with Crippen LogP contribution in [0.2, 0.25) is 0 Å². The number of alkyl halides is 3. The van der Waals surface area contributed by atoms with Crippen molar-refractivity contribution in [3.8, 4) is 5.88 Å². The molecule has 1 saturated heterocycles. The lowest BCUT2D eigenvalue weighted by molar-refractivity contribution is -0.189. The number of halogens is 3. The number of nitrogens with zero attached hydrogens (tertiary/aromatic N) is 3. The molecule has 0 atom stereocenters. The summed E-state index contributed by atoms with van der Waals surface area (Å²) in [7, 11) is 1.53. The second kappa shape index (κ2) is 5.70. The Morgan fingerprint density at radius 2 is 2.20 bits per heavy atom. The van der Waals surface area contributed by atoms with Crippen molar-refractivity contribution in [1.29, 1.82) is 0 Å². The van der Waals surface area contributed by atoms with E-state index in [0.717, 1.165) is 19.6 Å². The molecule has 2 rings (SSSR count). The molecule has 6 nitrogen and oxygen atoms in total. The molecule has 1 aliphatic rings. The number of nitrogens with one attached hydrogen (secondary N) is 1. The quantitative estimate of drug-likeness (QED) is 0.821. The molecule has 0 saturated carbocycles. The van der Waals surface area contributed by atoms with Gasteiger partial charge in [0.1, 0.15) is 5.69 Å². The van der Waals surface area contributed by atoms with Gasteiger partial charge in [-0.05, 0) is 19.5 Å². The lowest BCUT2D eigenvalue weighted by Crippen LogP contribution is -2.40. The molecule has 2 heterocycles. The third-order valence-electron chi connectivity index (χ3n) is 2.91. The minimum Gasteiger partial charge on any atom is -0.397 e. The molecule has 1 aromatic heterocycles. The molecule has 20 heavy (non-hydrogen) atoms. The number of esters is 1. The first kappa shape index (κ1) is 14.6. The third-order valence-corrected chi connectivity index (χ3v) is 2.91. The predicted octanol–water partition coefficient (Wildman–Crippen LogP) is 1.01. The summed E-state index contributed by atoms with van der Waals surface area (Å²) >= 11 is 0. The van der Waals surface area contributed by atoms with Crippen LogP contribution in [0.1, 0.15) is 6.42 Å². The zero-order valence-electron chi connectivity index (χ0n) is 10.9. The molecular weight excluding hydrogens is 277 g/mol. The van der Waals surface area contributed by atoms with E-state index >= 15 is 0 Å². The Morgan fingerprint density at radius 3 is 2.75 bits per heavy atom. The molecule has 0 aliphatic carbocycles. The van der Waals surface area contributed by atoms with Crippen molar-refractivity contribution in [3.05, 3.63) is 6.20 Å². The number of anilines is 1. The van der Waals surface area contributed by atoms with Crippen LogP contribution in [0.15, 0.2) is 6.20 Å². The Balaban J connectivity index is 1.92. The van der Waals surface area contributed by atoms with Gasteiger partial charge in [0.05, 0.1) is 6.20 Å². The lowest BCUT2D eigenvalue weighted by atomic mass is 10.2. The first-order valence-electron chi connectivity index (χ1n) is 6.15. The molecule has 0 amide bonds. The number of likely N-dealkylation sites (tertiary alicyclic amines) is 1. The largest absolute Gasteiger partial charge is 0.491 e. The summed E-state index contributed by atoms with van der Waals surface area (Å²) in [6, 6.07) is 0. The molecule has 112 valence electrons. The van der Waals surface area contributed by atoms with Crippen LogP contribution in [0, 0.1) is 0 Å². The predicted molar refractivity (Wildman–Crippen MR) is 64.4 cm³/mol. The zero-order valence-corrected chi connectivity index (χ0v) is 10.9. The minimum absolute atomic E-state index is 0.269. The van der Waals surface area contributed by atoms with E-state index in [1.54, 1.807) is 0 Å². The number of hydrogen-bond acceptors (Lipinski definition) is 5. The van der Waals surface area contributed by atoms with Gasteiger partial charge in [0.25, 0.3) is 5.88 Å². The number of carbonyl (C=O) groups is 1. The number of aryl methyl sites for hydroxylation is 1. The van der Waals surface area contributed by atoms with Gasteiger partial charge in [-0.2, -0.15) is 13.2 Å². The monoisotopic (exact) mass is 292 g/mol. The number of carbonyl (C=O) groups excluding carboxylic acids is 1. The summed E-state index contributed by atoms with van der Waals surface area (Å²) in [5.74, 6) is -2.64. The van der Waals surface area contributed by atoms with Gasteiger partial charge in [-0.15, -0.1) is 5.10 Å². The highest BCUT2D eigenvalue weighted by Crippen LogP contribution is 2.25. The second-order valence-corrected chi connectivity index (χ2v) is 4.53. The van der Waals surface area contributed by atoms with Crippen molar-refractivity contribution < 1.29 is 22.7 Å². The van der Waals surface area contributed by atoms with E-state index in [4.69, 9.17) is 0 Å². The third kappa shape index (κ3) is 3.62. The van der Waals surface area contributed by atoms with E-state index in [0.29, 0.717) is 6.54 Å². The highest BCUT2D eigenvalue weighted by molar-refractivity contribution is 5.79. The van der Waals surface area contributed by atoms with Crippen LogP contribution in [-0.4, -0.2) is 53.0 Å². The maximum absolute atomic E-state index is 12.1. The van der Waals surface area contributed by atoms with Crippen LogP contribution in [-0.2, 0) is 11.8 Å². The van der Waals surface area contributed by atoms with Gasteiger partial charge in [-0.1, -0.05) is 0 Å². The second-order valence-electron chi connectivity index (χ2n) is 4.53. The van der Waals surface area contributed by atoms with Gasteiger partial charge in [-0.25, -0.2) is 4.79 Å². The fourth-order valence-corrected chi connectivity index (χ4v) is 1.76. The van der Waals surface area contributed by atoms with Crippen molar-refractivity contribution in [2.75, 3.05) is 31.5 Å². The molecule has 0 bridgehead atoms. The van der Waals surface area contributed by atoms with Crippen LogP contribution in [0.4, 0.5) is 18.9 Å². The van der Waals surface area contributed by atoms with E-state index in [1.165, 1.54) is 24.3 Å². The van der Waals surface area contributed by atoms with Crippen LogP contribution in [0.5, 0.6) is 5.88 Å². The van der Waals surface area contributed by atoms with Crippen molar-refractivity contribution in [3.63, 3.8) is 0 Å². The molecule has 0 radical (unpaired) electrons. The summed E-state index contributed by atoms with van der Waals surface area (Å²) in [5, 5.41) is 6.61. The zero-order chi connectivity index (χ0) is 14.8.